The van der Waals surface area contributed by atoms with E-state index >= 15 is 0 Å². The number of rotatable bonds is 0. The SMILES string of the molecule is c1ccc2c(c1)-c1ccccc1-c1ccccc1-c1nnnnc1-c1ccccc1-c1ccccc1-2. The third-order valence-corrected chi connectivity index (χ3v) is 6.86. The Balaban J connectivity index is 1.71. The molecule has 0 amide bonds. The minimum Gasteiger partial charge on any atom is -0.126 e. The summed E-state index contributed by atoms with van der Waals surface area (Å²) < 4.78 is 0. The molecule has 4 heteroatoms. The normalized spacial score (nSPS) is 11.3. The van der Waals surface area contributed by atoms with Crippen molar-refractivity contribution in [2.75, 3.05) is 0 Å². The Kier molecular flexibility index (Phi) is 4.74. The van der Waals surface area contributed by atoms with Crippen molar-refractivity contribution in [1.29, 1.82) is 0 Å². The fraction of sp³-hybridized carbons (Fsp3) is 0. The van der Waals surface area contributed by atoms with Crippen molar-refractivity contribution in [3.63, 3.8) is 0 Å². The molecule has 0 aliphatic heterocycles. The summed E-state index contributed by atoms with van der Waals surface area (Å²) in [5, 5.41) is 17.0. The molecule has 36 heavy (non-hydrogen) atoms. The molecule has 7 rings (SSSR count). The Bertz CT molecular complexity index is 1250. The second kappa shape index (κ2) is 8.36. The maximum Gasteiger partial charge on any atom is 0.124 e. The van der Waals surface area contributed by atoms with E-state index in [0.29, 0.717) is 11.4 Å². The third-order valence-electron chi connectivity index (χ3n) is 6.86. The van der Waals surface area contributed by atoms with Crippen LogP contribution in [-0.2, 0) is 0 Å². The first-order valence-corrected chi connectivity index (χ1v) is 11.9. The predicted molar refractivity (Wildman–Crippen MR) is 144 cm³/mol. The Morgan fingerprint density at radius 1 is 0.250 bits per heavy atom. The molecule has 0 N–H and O–H groups in total. The molecule has 0 atom stereocenters. The van der Waals surface area contributed by atoms with Crippen LogP contribution in [0.1, 0.15) is 0 Å². The van der Waals surface area contributed by atoms with Gasteiger partial charge in [-0.1, -0.05) is 121 Å². The molecule has 4 nitrogen and oxygen atoms in total. The topological polar surface area (TPSA) is 51.6 Å². The molecule has 6 aromatic rings. The minimum absolute atomic E-state index is 0.717. The standard InChI is InChI=1S/C32H20N4/c1-2-12-22-21(11-1)23-13-3-5-15-25(23)27-17-7-9-19-29(27)31-32(34-36-35-33-31)30-20-10-8-18-28(30)26-16-6-4-14-24(22)26/h1-20H. The summed E-state index contributed by atoms with van der Waals surface area (Å²) in [5.74, 6) is 0. The average Bonchev–Trinajstić information content (AvgIpc) is 2.97. The number of hydrogen-bond acceptors (Lipinski definition) is 4. The van der Waals surface area contributed by atoms with Gasteiger partial charge in [0.2, 0.25) is 0 Å². The monoisotopic (exact) mass is 460 g/mol. The molecule has 0 saturated carbocycles. The molecule has 0 unspecified atom stereocenters. The number of nitrogens with zero attached hydrogens (tertiary/aromatic N) is 4. The summed E-state index contributed by atoms with van der Waals surface area (Å²) in [6.07, 6.45) is 0. The van der Waals surface area contributed by atoms with Gasteiger partial charge in [0.1, 0.15) is 11.4 Å². The van der Waals surface area contributed by atoms with Crippen LogP contribution in [0.2, 0.25) is 0 Å². The highest BCUT2D eigenvalue weighted by molar-refractivity contribution is 6.02. The predicted octanol–water partition coefficient (Wildman–Crippen LogP) is 7.58. The minimum atomic E-state index is 0.717. The number of benzene rings is 5. The van der Waals surface area contributed by atoms with Crippen LogP contribution in [0.3, 0.4) is 0 Å². The molecule has 0 spiro atoms. The van der Waals surface area contributed by atoms with Gasteiger partial charge in [0, 0.05) is 11.1 Å². The fourth-order valence-electron chi connectivity index (χ4n) is 5.29. The third kappa shape index (κ3) is 3.16. The number of aromatic nitrogens is 4. The van der Waals surface area contributed by atoms with Crippen molar-refractivity contribution in [1.82, 2.24) is 20.6 Å². The van der Waals surface area contributed by atoms with Gasteiger partial charge in [-0.3, -0.25) is 0 Å². The summed E-state index contributed by atoms with van der Waals surface area (Å²) >= 11 is 0. The summed E-state index contributed by atoms with van der Waals surface area (Å²) in [7, 11) is 0. The quantitative estimate of drug-likeness (QED) is 0.234. The molecular weight excluding hydrogens is 440 g/mol. The van der Waals surface area contributed by atoms with Gasteiger partial charge in [-0.05, 0) is 54.9 Å². The van der Waals surface area contributed by atoms with Crippen LogP contribution in [0, 0.1) is 0 Å². The van der Waals surface area contributed by atoms with Crippen LogP contribution in [-0.4, -0.2) is 20.6 Å². The number of fused-ring (bicyclic) bond motifs is 12. The van der Waals surface area contributed by atoms with Gasteiger partial charge >= 0.3 is 0 Å². The Morgan fingerprint density at radius 3 is 0.694 bits per heavy atom. The van der Waals surface area contributed by atoms with Crippen LogP contribution in [0.15, 0.2) is 121 Å². The van der Waals surface area contributed by atoms with E-state index in [-0.39, 0.29) is 0 Å². The van der Waals surface area contributed by atoms with E-state index in [4.69, 9.17) is 0 Å². The lowest BCUT2D eigenvalue weighted by Gasteiger charge is -2.21. The lowest BCUT2D eigenvalue weighted by molar-refractivity contribution is 0.772. The van der Waals surface area contributed by atoms with Crippen LogP contribution in [0.25, 0.3) is 67.0 Å². The van der Waals surface area contributed by atoms with E-state index in [1.165, 1.54) is 22.3 Å². The molecule has 0 saturated heterocycles. The maximum absolute atomic E-state index is 4.54. The molecule has 0 radical (unpaired) electrons. The Labute approximate surface area is 208 Å². The van der Waals surface area contributed by atoms with Gasteiger partial charge in [-0.15, -0.1) is 10.2 Å². The van der Waals surface area contributed by atoms with Gasteiger partial charge < -0.3 is 0 Å². The van der Waals surface area contributed by atoms with E-state index in [0.717, 1.165) is 33.4 Å². The van der Waals surface area contributed by atoms with Crippen molar-refractivity contribution in [2.45, 2.75) is 0 Å². The van der Waals surface area contributed by atoms with Gasteiger partial charge in [0.15, 0.2) is 0 Å². The summed E-state index contributed by atoms with van der Waals surface area (Å²) in [4.78, 5) is 0. The van der Waals surface area contributed by atoms with Gasteiger partial charge in [0.05, 0.1) is 0 Å². The molecule has 168 valence electrons. The summed E-state index contributed by atoms with van der Waals surface area (Å²) in [6.45, 7) is 0. The molecule has 5 aromatic carbocycles. The van der Waals surface area contributed by atoms with Crippen molar-refractivity contribution in [3.05, 3.63) is 121 Å². The smallest absolute Gasteiger partial charge is 0.124 e. The van der Waals surface area contributed by atoms with Crippen LogP contribution >= 0.6 is 0 Å². The first-order valence-electron chi connectivity index (χ1n) is 11.9. The largest absolute Gasteiger partial charge is 0.126 e. The first-order chi connectivity index (χ1) is 17.9. The molecule has 1 aliphatic carbocycles. The van der Waals surface area contributed by atoms with Gasteiger partial charge in [0.25, 0.3) is 0 Å². The Morgan fingerprint density at radius 2 is 0.444 bits per heavy atom. The molecule has 1 aromatic heterocycles. The summed E-state index contributed by atoms with van der Waals surface area (Å²) in [6, 6.07) is 42.5. The van der Waals surface area contributed by atoms with E-state index in [1.807, 2.05) is 12.1 Å². The van der Waals surface area contributed by atoms with E-state index < -0.39 is 0 Å². The lowest BCUT2D eigenvalue weighted by atomic mass is 9.83. The molecular formula is C32H20N4. The zero-order chi connectivity index (χ0) is 23.9. The average molecular weight is 461 g/mol. The van der Waals surface area contributed by atoms with E-state index in [9.17, 15) is 0 Å². The van der Waals surface area contributed by atoms with Crippen LogP contribution in [0.4, 0.5) is 0 Å². The van der Waals surface area contributed by atoms with Crippen LogP contribution < -0.4 is 0 Å². The molecule has 0 fully saturated rings. The molecule has 0 bridgehead atoms. The fourth-order valence-corrected chi connectivity index (χ4v) is 5.29. The van der Waals surface area contributed by atoms with E-state index in [2.05, 4.69) is 130 Å². The zero-order valence-electron chi connectivity index (χ0n) is 19.3. The number of hydrogen-bond donors (Lipinski definition) is 0. The van der Waals surface area contributed by atoms with Gasteiger partial charge in [-0.25, -0.2) is 0 Å². The maximum atomic E-state index is 4.54. The molecule has 1 heterocycles. The van der Waals surface area contributed by atoms with Crippen molar-refractivity contribution in [3.8, 4) is 67.0 Å². The van der Waals surface area contributed by atoms with Crippen molar-refractivity contribution in [2.24, 2.45) is 0 Å². The molecule has 1 aliphatic rings. The lowest BCUT2D eigenvalue weighted by Crippen LogP contribution is -2.02. The van der Waals surface area contributed by atoms with E-state index in [1.54, 1.807) is 0 Å². The van der Waals surface area contributed by atoms with Crippen LogP contribution in [0.5, 0.6) is 0 Å². The Hall–Kier alpha value is -4.96. The second-order valence-electron chi connectivity index (χ2n) is 8.80. The summed E-state index contributed by atoms with van der Waals surface area (Å²) in [5.41, 5.74) is 12.5. The highest BCUT2D eigenvalue weighted by Crippen LogP contribution is 2.46. The highest BCUT2D eigenvalue weighted by atomic mass is 15.4. The van der Waals surface area contributed by atoms with Crippen molar-refractivity contribution < 1.29 is 0 Å². The first kappa shape index (κ1) is 20.4. The van der Waals surface area contributed by atoms with Crippen molar-refractivity contribution >= 4 is 0 Å². The zero-order valence-corrected chi connectivity index (χ0v) is 19.3. The van der Waals surface area contributed by atoms with Gasteiger partial charge in [-0.2, -0.15) is 0 Å². The highest BCUT2D eigenvalue weighted by Gasteiger charge is 2.23. The second-order valence-corrected chi connectivity index (χ2v) is 8.80.